The molecule has 0 aliphatic carbocycles. The van der Waals surface area contributed by atoms with Crippen molar-refractivity contribution in [1.29, 1.82) is 0 Å². The van der Waals surface area contributed by atoms with Gasteiger partial charge in [-0.2, -0.15) is 0 Å². The van der Waals surface area contributed by atoms with E-state index in [9.17, 15) is 20.0 Å². The first-order valence-electron chi connectivity index (χ1n) is 18.4. The number of phenols is 1. The summed E-state index contributed by atoms with van der Waals surface area (Å²) in [7, 11) is 1.71. The van der Waals surface area contributed by atoms with E-state index < -0.39 is 10.8 Å². The maximum atomic E-state index is 13.7. The van der Waals surface area contributed by atoms with Gasteiger partial charge >= 0.3 is 5.69 Å². The van der Waals surface area contributed by atoms with Crippen molar-refractivity contribution in [2.24, 2.45) is 7.05 Å². The Hall–Kier alpha value is -5.17. The largest absolute Gasteiger partial charge is 0.506 e. The Balaban J connectivity index is 1.22. The first-order valence-corrected chi connectivity index (χ1v) is 19.4. The van der Waals surface area contributed by atoms with Crippen LogP contribution >= 0.6 is 11.8 Å². The van der Waals surface area contributed by atoms with Gasteiger partial charge in [0, 0.05) is 29.6 Å². The Morgan fingerprint density at radius 3 is 2.19 bits per heavy atom. The summed E-state index contributed by atoms with van der Waals surface area (Å²) < 4.78 is 13.8. The fourth-order valence-corrected chi connectivity index (χ4v) is 6.88. The summed E-state index contributed by atoms with van der Waals surface area (Å²) in [4.78, 5) is 25.4. The lowest BCUT2D eigenvalue weighted by atomic mass is 10.0. The predicted octanol–water partition coefficient (Wildman–Crippen LogP) is 10.4. The summed E-state index contributed by atoms with van der Waals surface area (Å²) in [5.74, 6) is 0.273. The van der Waals surface area contributed by atoms with Crippen molar-refractivity contribution in [1.82, 2.24) is 20.2 Å². The molecule has 0 radical (unpaired) electrons. The topological polar surface area (TPSA) is 155 Å². The summed E-state index contributed by atoms with van der Waals surface area (Å²) in [6, 6.07) is 20.1. The lowest BCUT2D eigenvalue weighted by Gasteiger charge is -2.16. The standard InChI is InChI=1S/C40H48N6O6S/c1-3-4-5-6-7-8-9-10-11-12-13-18-25-51-35-22-17-16-21-33(35)41-39(48)32-27-37(30-19-14-15-20-31(30)38(32)47)52-36-24-23-29(26-34(36)46(49)50)28-53-40-42-43-44-45(40)2/h14-17,19-24,26-27,47H,3-13,18,25,28H2,1-2H3,(H,41,48). The number of aromatic nitrogens is 4. The minimum Gasteiger partial charge on any atom is -0.506 e. The summed E-state index contributed by atoms with van der Waals surface area (Å²) in [5.41, 5.74) is 0.837. The third kappa shape index (κ3) is 11.2. The Bertz CT molecular complexity index is 1970. The van der Waals surface area contributed by atoms with Crippen LogP contribution in [0, 0.1) is 10.1 Å². The zero-order valence-corrected chi connectivity index (χ0v) is 31.3. The Labute approximate surface area is 314 Å². The Morgan fingerprint density at radius 2 is 1.51 bits per heavy atom. The number of rotatable bonds is 22. The van der Waals surface area contributed by atoms with E-state index in [1.165, 1.54) is 98.9 Å². The first kappa shape index (κ1) is 39.0. The highest BCUT2D eigenvalue weighted by Gasteiger charge is 2.23. The number of nitrogens with zero attached hydrogens (tertiary/aromatic N) is 5. The molecule has 12 nitrogen and oxygen atoms in total. The van der Waals surface area contributed by atoms with Crippen LogP contribution in [-0.4, -0.2) is 42.8 Å². The minimum absolute atomic E-state index is 0.0113. The molecule has 1 heterocycles. The molecule has 1 aromatic heterocycles. The molecular weight excluding hydrogens is 693 g/mol. The van der Waals surface area contributed by atoms with Crippen molar-refractivity contribution in [3.63, 3.8) is 0 Å². The van der Waals surface area contributed by atoms with Gasteiger partial charge in [-0.25, -0.2) is 4.68 Å². The second-order valence-electron chi connectivity index (χ2n) is 13.0. The number of nitro groups is 1. The lowest BCUT2D eigenvalue weighted by molar-refractivity contribution is -0.385. The van der Waals surface area contributed by atoms with Gasteiger partial charge in [0.1, 0.15) is 17.2 Å². The number of benzene rings is 4. The lowest BCUT2D eigenvalue weighted by Crippen LogP contribution is -2.14. The number of phenolic OH excluding ortho intramolecular Hbond substituents is 1. The van der Waals surface area contributed by atoms with Crippen LogP contribution < -0.4 is 14.8 Å². The molecule has 0 spiro atoms. The highest BCUT2D eigenvalue weighted by atomic mass is 32.2. The molecule has 2 N–H and O–H groups in total. The van der Waals surface area contributed by atoms with E-state index in [2.05, 4.69) is 27.8 Å². The van der Waals surface area contributed by atoms with Crippen LogP contribution in [0.3, 0.4) is 0 Å². The first-order chi connectivity index (χ1) is 25.9. The number of tetrazole rings is 1. The Morgan fingerprint density at radius 1 is 0.849 bits per heavy atom. The SMILES string of the molecule is CCCCCCCCCCCCCCOc1ccccc1NC(=O)c1cc(Oc2ccc(CSc3nnnn3C)cc2[N+](=O)[O-])c2ccccc2c1O. The number of unbranched alkanes of at least 4 members (excludes halogenated alkanes) is 11. The van der Waals surface area contributed by atoms with Crippen LogP contribution in [0.1, 0.15) is 99.9 Å². The van der Waals surface area contributed by atoms with Crippen molar-refractivity contribution in [3.8, 4) is 23.0 Å². The number of amides is 1. The van der Waals surface area contributed by atoms with Gasteiger partial charge in [-0.1, -0.05) is 132 Å². The van der Waals surface area contributed by atoms with E-state index in [-0.39, 0.29) is 28.5 Å². The summed E-state index contributed by atoms with van der Waals surface area (Å²) >= 11 is 1.34. The molecule has 0 saturated carbocycles. The fourth-order valence-electron chi connectivity index (χ4n) is 6.09. The highest BCUT2D eigenvalue weighted by Crippen LogP contribution is 2.41. The molecule has 53 heavy (non-hydrogen) atoms. The second-order valence-corrected chi connectivity index (χ2v) is 14.0. The van der Waals surface area contributed by atoms with Crippen LogP contribution in [0.5, 0.6) is 23.0 Å². The number of aryl methyl sites for hydroxylation is 1. The van der Waals surface area contributed by atoms with Crippen molar-refractivity contribution in [2.75, 3.05) is 11.9 Å². The van der Waals surface area contributed by atoms with Gasteiger partial charge in [-0.05, 0) is 46.7 Å². The molecule has 0 unspecified atom stereocenters. The normalized spacial score (nSPS) is 11.1. The quantitative estimate of drug-likeness (QED) is 0.0303. The third-order valence-electron chi connectivity index (χ3n) is 9.00. The number of nitro benzene ring substituents is 1. The maximum Gasteiger partial charge on any atom is 0.311 e. The van der Waals surface area contributed by atoms with Gasteiger partial charge in [0.05, 0.1) is 22.8 Å². The molecule has 0 fully saturated rings. The number of carbonyl (C=O) groups is 1. The van der Waals surface area contributed by atoms with Gasteiger partial charge in [0.15, 0.2) is 0 Å². The zero-order valence-electron chi connectivity index (χ0n) is 30.5. The zero-order chi connectivity index (χ0) is 37.4. The van der Waals surface area contributed by atoms with E-state index in [0.29, 0.717) is 45.3 Å². The number of ether oxygens (including phenoxy) is 2. The van der Waals surface area contributed by atoms with Crippen LogP contribution in [0.15, 0.2) is 78.0 Å². The summed E-state index contributed by atoms with van der Waals surface area (Å²) in [6.45, 7) is 2.77. The van der Waals surface area contributed by atoms with E-state index in [1.54, 1.807) is 55.6 Å². The molecule has 13 heteroatoms. The Kier molecular flexibility index (Phi) is 14.9. The van der Waals surface area contributed by atoms with Crippen LogP contribution in [-0.2, 0) is 12.8 Å². The molecule has 5 aromatic rings. The fraction of sp³-hybridized carbons (Fsp3) is 0.400. The monoisotopic (exact) mass is 740 g/mol. The molecule has 0 atom stereocenters. The molecule has 0 saturated heterocycles. The van der Waals surface area contributed by atoms with Gasteiger partial charge < -0.3 is 19.9 Å². The van der Waals surface area contributed by atoms with Crippen molar-refractivity contribution in [2.45, 2.75) is 94.9 Å². The van der Waals surface area contributed by atoms with Crippen molar-refractivity contribution < 1.29 is 24.3 Å². The number of hydrogen-bond acceptors (Lipinski definition) is 10. The van der Waals surface area contributed by atoms with Crippen LogP contribution in [0.2, 0.25) is 0 Å². The average Bonchev–Trinajstić information content (AvgIpc) is 3.58. The van der Waals surface area contributed by atoms with Crippen molar-refractivity contribution in [3.05, 3.63) is 94.0 Å². The second kappa shape index (κ2) is 20.2. The summed E-state index contributed by atoms with van der Waals surface area (Å²) in [6.07, 6.45) is 15.1. The van der Waals surface area contributed by atoms with E-state index in [1.807, 2.05) is 6.07 Å². The van der Waals surface area contributed by atoms with E-state index in [4.69, 9.17) is 9.47 Å². The number of hydrogen-bond donors (Lipinski definition) is 2. The molecule has 0 aliphatic rings. The van der Waals surface area contributed by atoms with Crippen molar-refractivity contribution >= 4 is 39.8 Å². The van der Waals surface area contributed by atoms with E-state index >= 15 is 0 Å². The summed E-state index contributed by atoms with van der Waals surface area (Å²) in [5, 5.41) is 39.1. The average molecular weight is 741 g/mol. The maximum absolute atomic E-state index is 13.7. The molecule has 1 amide bonds. The van der Waals surface area contributed by atoms with E-state index in [0.717, 1.165) is 12.8 Å². The number of para-hydroxylation sites is 2. The van der Waals surface area contributed by atoms with Crippen LogP contribution in [0.4, 0.5) is 11.4 Å². The van der Waals surface area contributed by atoms with Crippen LogP contribution in [0.25, 0.3) is 10.8 Å². The van der Waals surface area contributed by atoms with Gasteiger partial charge in [-0.3, -0.25) is 14.9 Å². The molecule has 5 rings (SSSR count). The predicted molar refractivity (Wildman–Crippen MR) is 208 cm³/mol. The minimum atomic E-state index is -0.584. The number of anilines is 1. The molecule has 0 aliphatic heterocycles. The molecular formula is C40H48N6O6S. The molecule has 0 bridgehead atoms. The van der Waals surface area contributed by atoms with Gasteiger partial charge in [0.2, 0.25) is 10.9 Å². The highest BCUT2D eigenvalue weighted by molar-refractivity contribution is 7.98. The number of nitrogens with one attached hydrogen (secondary N) is 1. The smallest absolute Gasteiger partial charge is 0.311 e. The number of thioether (sulfide) groups is 1. The van der Waals surface area contributed by atoms with Gasteiger partial charge in [0.25, 0.3) is 5.91 Å². The third-order valence-corrected chi connectivity index (χ3v) is 10.1. The molecule has 4 aromatic carbocycles. The number of aromatic hydroxyl groups is 1. The molecule has 280 valence electrons. The number of carbonyl (C=O) groups excluding carboxylic acids is 1. The van der Waals surface area contributed by atoms with Gasteiger partial charge in [-0.15, -0.1) is 5.10 Å². The number of fused-ring (bicyclic) bond motifs is 1.